The number of halogens is 3. The van der Waals surface area contributed by atoms with Crippen LogP contribution in [0.1, 0.15) is 11.4 Å². The molecule has 0 aliphatic heterocycles. The molecule has 3 aromatic rings. The summed E-state index contributed by atoms with van der Waals surface area (Å²) in [5.41, 5.74) is 1.03. The Balaban J connectivity index is 2.04. The number of hydrogen-bond acceptors (Lipinski definition) is 5. The number of hydrogen-bond donors (Lipinski definition) is 0. The smallest absolute Gasteiger partial charge is 0.451 e. The molecular formula is C19H18F3N3O2. The van der Waals surface area contributed by atoms with Crippen LogP contribution in [0.15, 0.2) is 42.5 Å². The van der Waals surface area contributed by atoms with Gasteiger partial charge in [0.25, 0.3) is 0 Å². The standard InChI is InChI=1S/C19H18F3N3O2/c1-25(11-12-8-9-13(26-2)10-16(12)27-3)17-14-6-4-5-7-15(14)23-18(24-17)19(20,21)22/h4-10H,11H2,1-3H3. The van der Waals surface area contributed by atoms with Gasteiger partial charge in [0, 0.05) is 30.6 Å². The highest BCUT2D eigenvalue weighted by Crippen LogP contribution is 2.33. The van der Waals surface area contributed by atoms with E-state index in [1.54, 1.807) is 49.4 Å². The highest BCUT2D eigenvalue weighted by Gasteiger charge is 2.36. The van der Waals surface area contributed by atoms with Gasteiger partial charge >= 0.3 is 6.18 Å². The van der Waals surface area contributed by atoms with Crippen molar-refractivity contribution < 1.29 is 22.6 Å². The Kier molecular flexibility index (Phi) is 5.07. The van der Waals surface area contributed by atoms with Gasteiger partial charge in [-0.25, -0.2) is 9.97 Å². The van der Waals surface area contributed by atoms with E-state index in [1.807, 2.05) is 6.07 Å². The van der Waals surface area contributed by atoms with Crippen LogP contribution in [0.4, 0.5) is 19.0 Å². The zero-order chi connectivity index (χ0) is 19.6. The Hall–Kier alpha value is -3.03. The topological polar surface area (TPSA) is 47.5 Å². The van der Waals surface area contributed by atoms with Crippen molar-refractivity contribution in [1.29, 1.82) is 0 Å². The average molecular weight is 377 g/mol. The highest BCUT2D eigenvalue weighted by atomic mass is 19.4. The van der Waals surface area contributed by atoms with E-state index in [2.05, 4.69) is 9.97 Å². The molecule has 0 bridgehead atoms. The summed E-state index contributed by atoms with van der Waals surface area (Å²) < 4.78 is 50.2. The Morgan fingerprint density at radius 3 is 2.41 bits per heavy atom. The molecule has 0 unspecified atom stereocenters. The van der Waals surface area contributed by atoms with Crippen LogP contribution >= 0.6 is 0 Å². The largest absolute Gasteiger partial charge is 0.497 e. The first kappa shape index (κ1) is 18.8. The fourth-order valence-corrected chi connectivity index (χ4v) is 2.79. The van der Waals surface area contributed by atoms with E-state index in [0.29, 0.717) is 23.4 Å². The Morgan fingerprint density at radius 1 is 1.00 bits per heavy atom. The molecule has 0 aliphatic rings. The van der Waals surface area contributed by atoms with E-state index < -0.39 is 12.0 Å². The maximum Gasteiger partial charge on any atom is 0.451 e. The lowest BCUT2D eigenvalue weighted by Gasteiger charge is -2.22. The van der Waals surface area contributed by atoms with Crippen molar-refractivity contribution in [3.63, 3.8) is 0 Å². The molecule has 0 saturated carbocycles. The molecule has 27 heavy (non-hydrogen) atoms. The summed E-state index contributed by atoms with van der Waals surface area (Å²) >= 11 is 0. The second-order valence-electron chi connectivity index (χ2n) is 5.92. The lowest BCUT2D eigenvalue weighted by molar-refractivity contribution is -0.144. The highest BCUT2D eigenvalue weighted by molar-refractivity contribution is 5.89. The second-order valence-corrected chi connectivity index (χ2v) is 5.92. The van der Waals surface area contributed by atoms with Crippen molar-refractivity contribution in [3.05, 3.63) is 53.9 Å². The lowest BCUT2D eigenvalue weighted by Crippen LogP contribution is -2.21. The van der Waals surface area contributed by atoms with Gasteiger partial charge in [0.15, 0.2) is 0 Å². The minimum atomic E-state index is -4.63. The van der Waals surface area contributed by atoms with E-state index in [0.717, 1.165) is 5.56 Å². The minimum absolute atomic E-state index is 0.200. The zero-order valence-corrected chi connectivity index (χ0v) is 15.0. The van der Waals surface area contributed by atoms with Crippen LogP contribution in [-0.2, 0) is 12.7 Å². The van der Waals surface area contributed by atoms with Gasteiger partial charge in [-0.15, -0.1) is 0 Å². The van der Waals surface area contributed by atoms with Gasteiger partial charge in [-0.2, -0.15) is 13.2 Å². The molecule has 0 aliphatic carbocycles. The van der Waals surface area contributed by atoms with Crippen molar-refractivity contribution in [2.45, 2.75) is 12.7 Å². The van der Waals surface area contributed by atoms with Crippen LogP contribution in [0, 0.1) is 0 Å². The van der Waals surface area contributed by atoms with Gasteiger partial charge in [-0.3, -0.25) is 0 Å². The molecule has 0 saturated heterocycles. The third-order valence-corrected chi connectivity index (χ3v) is 4.10. The number of rotatable bonds is 5. The summed E-state index contributed by atoms with van der Waals surface area (Å²) in [5, 5.41) is 0.542. The summed E-state index contributed by atoms with van der Waals surface area (Å²) in [4.78, 5) is 9.07. The molecule has 5 nitrogen and oxygen atoms in total. The van der Waals surface area contributed by atoms with Gasteiger partial charge in [0.05, 0.1) is 19.7 Å². The number of methoxy groups -OCH3 is 2. The number of aromatic nitrogens is 2. The summed E-state index contributed by atoms with van der Waals surface area (Å²) in [6.07, 6.45) is -4.63. The molecule has 2 aromatic carbocycles. The maximum atomic E-state index is 13.2. The first-order valence-electron chi connectivity index (χ1n) is 8.09. The van der Waals surface area contributed by atoms with Crippen LogP contribution in [0.5, 0.6) is 11.5 Å². The monoisotopic (exact) mass is 377 g/mol. The summed E-state index contributed by atoms with van der Waals surface area (Å²) in [7, 11) is 4.75. The lowest BCUT2D eigenvalue weighted by atomic mass is 10.1. The number of alkyl halides is 3. The summed E-state index contributed by atoms with van der Waals surface area (Å²) in [6, 6.07) is 11.9. The molecule has 0 radical (unpaired) electrons. The third-order valence-electron chi connectivity index (χ3n) is 4.10. The quantitative estimate of drug-likeness (QED) is 0.663. The number of para-hydroxylation sites is 1. The zero-order valence-electron chi connectivity index (χ0n) is 15.0. The molecule has 1 aromatic heterocycles. The van der Waals surface area contributed by atoms with E-state index in [9.17, 15) is 13.2 Å². The predicted octanol–water partition coefficient (Wildman–Crippen LogP) is 4.30. The van der Waals surface area contributed by atoms with Gasteiger partial charge in [0.2, 0.25) is 5.82 Å². The molecule has 3 rings (SSSR count). The van der Waals surface area contributed by atoms with E-state index in [1.165, 1.54) is 13.2 Å². The van der Waals surface area contributed by atoms with Gasteiger partial charge in [-0.05, 0) is 24.3 Å². The third kappa shape index (κ3) is 3.89. The van der Waals surface area contributed by atoms with Crippen LogP contribution in [0.2, 0.25) is 0 Å². The van der Waals surface area contributed by atoms with Crippen LogP contribution < -0.4 is 14.4 Å². The summed E-state index contributed by atoms with van der Waals surface area (Å²) in [5.74, 6) is 0.247. The molecule has 0 spiro atoms. The fourth-order valence-electron chi connectivity index (χ4n) is 2.79. The molecule has 0 atom stereocenters. The molecule has 0 N–H and O–H groups in total. The van der Waals surface area contributed by atoms with Crippen molar-refractivity contribution in [2.24, 2.45) is 0 Å². The van der Waals surface area contributed by atoms with E-state index in [-0.39, 0.29) is 11.3 Å². The van der Waals surface area contributed by atoms with Gasteiger partial charge in [-0.1, -0.05) is 12.1 Å². The van der Waals surface area contributed by atoms with Crippen LogP contribution in [-0.4, -0.2) is 31.2 Å². The second kappa shape index (κ2) is 7.30. The SMILES string of the molecule is COc1ccc(CN(C)c2nc(C(F)(F)F)nc3ccccc23)c(OC)c1. The number of ether oxygens (including phenoxy) is 2. The van der Waals surface area contributed by atoms with Crippen molar-refractivity contribution in [3.8, 4) is 11.5 Å². The number of benzene rings is 2. The normalized spacial score (nSPS) is 11.5. The number of anilines is 1. The van der Waals surface area contributed by atoms with Crippen molar-refractivity contribution >= 4 is 16.7 Å². The Labute approximate surface area is 154 Å². The summed E-state index contributed by atoms with van der Waals surface area (Å²) in [6.45, 7) is 0.297. The fraction of sp³-hybridized carbons (Fsp3) is 0.263. The van der Waals surface area contributed by atoms with Crippen molar-refractivity contribution in [1.82, 2.24) is 9.97 Å². The van der Waals surface area contributed by atoms with Crippen LogP contribution in [0.3, 0.4) is 0 Å². The van der Waals surface area contributed by atoms with E-state index in [4.69, 9.17) is 9.47 Å². The first-order valence-corrected chi connectivity index (χ1v) is 8.09. The molecule has 1 heterocycles. The van der Waals surface area contributed by atoms with Crippen molar-refractivity contribution in [2.75, 3.05) is 26.2 Å². The minimum Gasteiger partial charge on any atom is -0.497 e. The predicted molar refractivity (Wildman–Crippen MR) is 96.2 cm³/mol. The van der Waals surface area contributed by atoms with Crippen LogP contribution in [0.25, 0.3) is 10.9 Å². The number of fused-ring (bicyclic) bond motifs is 1. The van der Waals surface area contributed by atoms with Gasteiger partial charge < -0.3 is 14.4 Å². The Morgan fingerprint density at radius 2 is 1.74 bits per heavy atom. The molecule has 0 amide bonds. The van der Waals surface area contributed by atoms with Gasteiger partial charge in [0.1, 0.15) is 17.3 Å². The Bertz CT molecular complexity index is 961. The molecule has 8 heteroatoms. The molecular weight excluding hydrogens is 359 g/mol. The maximum absolute atomic E-state index is 13.2. The first-order chi connectivity index (χ1) is 12.8. The molecule has 0 fully saturated rings. The molecule has 142 valence electrons. The van der Waals surface area contributed by atoms with E-state index >= 15 is 0 Å². The number of nitrogens with zero attached hydrogens (tertiary/aromatic N) is 3. The average Bonchev–Trinajstić information content (AvgIpc) is 2.66.